The molecule has 0 spiro atoms. The fourth-order valence-electron chi connectivity index (χ4n) is 2.27. The summed E-state index contributed by atoms with van der Waals surface area (Å²) in [5, 5.41) is 4.46. The molecule has 21 heavy (non-hydrogen) atoms. The summed E-state index contributed by atoms with van der Waals surface area (Å²) >= 11 is 8.29. The Hall–Kier alpha value is -0.830. The van der Waals surface area contributed by atoms with Gasteiger partial charge in [-0.25, -0.2) is 0 Å². The second-order valence-electron chi connectivity index (χ2n) is 6.36. The predicted octanol–water partition coefficient (Wildman–Crippen LogP) is 5.79. The van der Waals surface area contributed by atoms with E-state index in [1.165, 1.54) is 9.75 Å². The summed E-state index contributed by atoms with van der Waals surface area (Å²) in [6.45, 7) is 9.94. The van der Waals surface area contributed by atoms with Gasteiger partial charge in [0.1, 0.15) is 0 Å². The lowest BCUT2D eigenvalue weighted by Gasteiger charge is -2.20. The van der Waals surface area contributed by atoms with Crippen LogP contribution < -0.4 is 5.32 Å². The van der Waals surface area contributed by atoms with Gasteiger partial charge in [-0.15, -0.1) is 11.3 Å². The Balaban J connectivity index is 2.37. The van der Waals surface area contributed by atoms with Crippen LogP contribution in [0.2, 0.25) is 5.02 Å². The monoisotopic (exact) mass is 321 g/mol. The van der Waals surface area contributed by atoms with Crippen molar-refractivity contribution in [3.8, 4) is 0 Å². The van der Waals surface area contributed by atoms with E-state index in [4.69, 9.17) is 11.6 Å². The van der Waals surface area contributed by atoms with E-state index in [9.17, 15) is 0 Å². The second kappa shape index (κ2) is 6.95. The van der Waals surface area contributed by atoms with Gasteiger partial charge in [-0.3, -0.25) is 0 Å². The average molecular weight is 322 g/mol. The first-order valence-electron chi connectivity index (χ1n) is 7.51. The van der Waals surface area contributed by atoms with Gasteiger partial charge >= 0.3 is 0 Å². The summed E-state index contributed by atoms with van der Waals surface area (Å²) in [5.74, 6) is 0. The molecule has 0 aliphatic rings. The van der Waals surface area contributed by atoms with E-state index >= 15 is 0 Å². The molecule has 3 heteroatoms. The van der Waals surface area contributed by atoms with Crippen LogP contribution in [0.25, 0.3) is 0 Å². The highest BCUT2D eigenvalue weighted by Gasteiger charge is 2.21. The Morgan fingerprint density at radius 1 is 1.14 bits per heavy atom. The zero-order valence-corrected chi connectivity index (χ0v) is 14.8. The highest BCUT2D eigenvalue weighted by Crippen LogP contribution is 2.36. The van der Waals surface area contributed by atoms with Crippen molar-refractivity contribution in [2.75, 3.05) is 6.54 Å². The molecule has 1 nitrogen and oxygen atoms in total. The molecule has 1 atom stereocenters. The first kappa shape index (κ1) is 16.5. The Morgan fingerprint density at radius 2 is 1.86 bits per heavy atom. The van der Waals surface area contributed by atoms with Gasteiger partial charge in [0.15, 0.2) is 0 Å². The van der Waals surface area contributed by atoms with Crippen molar-refractivity contribution in [2.45, 2.75) is 45.6 Å². The third kappa shape index (κ3) is 4.09. The fraction of sp³-hybridized carbons (Fsp3) is 0.444. The molecule has 0 saturated heterocycles. The fourth-order valence-corrected chi connectivity index (χ4v) is 3.68. The number of rotatable bonds is 5. The summed E-state index contributed by atoms with van der Waals surface area (Å²) in [6, 6.07) is 12.8. The van der Waals surface area contributed by atoms with Crippen LogP contribution in [0.4, 0.5) is 0 Å². The first-order chi connectivity index (χ1) is 9.93. The van der Waals surface area contributed by atoms with Crippen molar-refractivity contribution in [1.29, 1.82) is 0 Å². The molecule has 1 heterocycles. The van der Waals surface area contributed by atoms with Crippen molar-refractivity contribution >= 4 is 22.9 Å². The summed E-state index contributed by atoms with van der Waals surface area (Å²) < 4.78 is 0. The van der Waals surface area contributed by atoms with E-state index < -0.39 is 0 Å². The van der Waals surface area contributed by atoms with E-state index in [0.717, 1.165) is 23.6 Å². The maximum atomic E-state index is 6.41. The minimum absolute atomic E-state index is 0.180. The van der Waals surface area contributed by atoms with Crippen LogP contribution in [0, 0.1) is 0 Å². The molecule has 1 unspecified atom stereocenters. The van der Waals surface area contributed by atoms with Gasteiger partial charge in [-0.1, -0.05) is 57.5 Å². The summed E-state index contributed by atoms with van der Waals surface area (Å²) in [4.78, 5) is 2.74. The highest BCUT2D eigenvalue weighted by atomic mass is 35.5. The van der Waals surface area contributed by atoms with Crippen molar-refractivity contribution in [3.63, 3.8) is 0 Å². The third-order valence-corrected chi connectivity index (χ3v) is 5.39. The van der Waals surface area contributed by atoms with Gasteiger partial charge in [0.05, 0.1) is 6.04 Å². The van der Waals surface area contributed by atoms with Crippen molar-refractivity contribution < 1.29 is 0 Å². The lowest BCUT2D eigenvalue weighted by molar-refractivity contribution is 0.603. The summed E-state index contributed by atoms with van der Waals surface area (Å²) in [5.41, 5.74) is 1.36. The molecule has 114 valence electrons. The van der Waals surface area contributed by atoms with Crippen LogP contribution in [0.3, 0.4) is 0 Å². The molecule has 0 bridgehead atoms. The molecule has 1 aromatic carbocycles. The molecule has 1 N–H and O–H groups in total. The lowest BCUT2D eigenvalue weighted by Crippen LogP contribution is -2.22. The Labute approximate surface area is 137 Å². The molecule has 0 aliphatic heterocycles. The molecule has 0 fully saturated rings. The second-order valence-corrected chi connectivity index (χ2v) is 7.88. The number of thiophene rings is 1. The molecule has 0 aliphatic carbocycles. The standard InChI is InChI=1S/C18H24ClNS/c1-5-12-20-17(13-8-6-7-9-14(13)19)15-10-11-16(21-15)18(2,3)4/h6-11,17,20H,5,12H2,1-4H3. The number of benzene rings is 1. The maximum Gasteiger partial charge on any atom is 0.0685 e. The molecule has 2 rings (SSSR count). The van der Waals surface area contributed by atoms with E-state index in [1.807, 2.05) is 23.5 Å². The van der Waals surface area contributed by atoms with Gasteiger partial charge in [-0.05, 0) is 42.1 Å². The smallest absolute Gasteiger partial charge is 0.0685 e. The topological polar surface area (TPSA) is 12.0 Å². The number of hydrogen-bond acceptors (Lipinski definition) is 2. The third-order valence-electron chi connectivity index (χ3n) is 3.47. The SMILES string of the molecule is CCCNC(c1ccc(C(C)(C)C)s1)c1ccccc1Cl. The normalized spacial score (nSPS) is 13.4. The van der Waals surface area contributed by atoms with Gasteiger partial charge in [-0.2, -0.15) is 0 Å². The van der Waals surface area contributed by atoms with Gasteiger partial charge in [0.25, 0.3) is 0 Å². The largest absolute Gasteiger partial charge is 0.306 e. The Kier molecular flexibility index (Phi) is 5.48. The number of nitrogens with one attached hydrogen (secondary N) is 1. The quantitative estimate of drug-likeness (QED) is 0.735. The molecule has 1 aromatic heterocycles. The highest BCUT2D eigenvalue weighted by molar-refractivity contribution is 7.12. The number of hydrogen-bond donors (Lipinski definition) is 1. The van der Waals surface area contributed by atoms with Crippen LogP contribution in [-0.4, -0.2) is 6.54 Å². The Bertz CT molecular complexity index is 583. The zero-order valence-electron chi connectivity index (χ0n) is 13.2. The van der Waals surface area contributed by atoms with Crippen LogP contribution in [0.15, 0.2) is 36.4 Å². The molecule has 0 saturated carbocycles. The maximum absolute atomic E-state index is 6.41. The minimum Gasteiger partial charge on any atom is -0.306 e. The Morgan fingerprint density at radius 3 is 2.43 bits per heavy atom. The number of halogens is 1. The van der Waals surface area contributed by atoms with E-state index in [0.29, 0.717) is 0 Å². The van der Waals surface area contributed by atoms with E-state index in [2.05, 4.69) is 57.3 Å². The molecular weight excluding hydrogens is 298 g/mol. The van der Waals surface area contributed by atoms with E-state index in [1.54, 1.807) is 0 Å². The summed E-state index contributed by atoms with van der Waals surface area (Å²) in [7, 11) is 0. The minimum atomic E-state index is 0.180. The lowest BCUT2D eigenvalue weighted by atomic mass is 9.95. The molecular formula is C18H24ClNS. The first-order valence-corrected chi connectivity index (χ1v) is 8.71. The summed E-state index contributed by atoms with van der Waals surface area (Å²) in [6.07, 6.45) is 1.11. The van der Waals surface area contributed by atoms with Crippen molar-refractivity contribution in [2.24, 2.45) is 0 Å². The van der Waals surface area contributed by atoms with Gasteiger partial charge in [0, 0.05) is 14.8 Å². The van der Waals surface area contributed by atoms with Crippen molar-refractivity contribution in [1.82, 2.24) is 5.32 Å². The van der Waals surface area contributed by atoms with Crippen molar-refractivity contribution in [3.05, 3.63) is 56.7 Å². The molecule has 0 amide bonds. The molecule has 0 radical (unpaired) electrons. The van der Waals surface area contributed by atoms with Gasteiger partial charge < -0.3 is 5.32 Å². The molecule has 2 aromatic rings. The van der Waals surface area contributed by atoms with Gasteiger partial charge in [0.2, 0.25) is 0 Å². The van der Waals surface area contributed by atoms with Crippen LogP contribution >= 0.6 is 22.9 Å². The van der Waals surface area contributed by atoms with Crippen LogP contribution in [-0.2, 0) is 5.41 Å². The predicted molar refractivity (Wildman–Crippen MR) is 94.6 cm³/mol. The van der Waals surface area contributed by atoms with Crippen LogP contribution in [0.5, 0.6) is 0 Å². The average Bonchev–Trinajstić information content (AvgIpc) is 2.91. The van der Waals surface area contributed by atoms with E-state index in [-0.39, 0.29) is 11.5 Å². The van der Waals surface area contributed by atoms with Crippen LogP contribution in [0.1, 0.15) is 55.5 Å². The zero-order chi connectivity index (χ0) is 15.5.